The zero-order valence-corrected chi connectivity index (χ0v) is 24.0. The summed E-state index contributed by atoms with van der Waals surface area (Å²) in [5, 5.41) is 14.6. The van der Waals surface area contributed by atoms with Crippen molar-refractivity contribution in [2.75, 3.05) is 20.2 Å². The lowest BCUT2D eigenvalue weighted by Gasteiger charge is -2.51. The van der Waals surface area contributed by atoms with Crippen LogP contribution in [0.4, 0.5) is 0 Å². The first kappa shape index (κ1) is 29.7. The average Bonchev–Trinajstić information content (AvgIpc) is 2.82. The van der Waals surface area contributed by atoms with Crippen molar-refractivity contribution in [1.29, 1.82) is 0 Å². The Morgan fingerprint density at radius 1 is 1.19 bits per heavy atom. The van der Waals surface area contributed by atoms with Gasteiger partial charge >= 0.3 is 0 Å². The molecule has 9 nitrogen and oxygen atoms in total. The number of nitrogens with zero attached hydrogens (tertiary/aromatic N) is 2. The zero-order chi connectivity index (χ0) is 27.5. The van der Waals surface area contributed by atoms with Gasteiger partial charge in [0, 0.05) is 23.8 Å². The van der Waals surface area contributed by atoms with Crippen LogP contribution in [0.15, 0.2) is 21.8 Å². The molecule has 2 fully saturated rings. The van der Waals surface area contributed by atoms with Gasteiger partial charge in [0.1, 0.15) is 11.9 Å². The third-order valence-electron chi connectivity index (χ3n) is 9.21. The van der Waals surface area contributed by atoms with Crippen molar-refractivity contribution in [3.8, 4) is 0 Å². The summed E-state index contributed by atoms with van der Waals surface area (Å²) in [6.07, 6.45) is 4.47. The molecule has 37 heavy (non-hydrogen) atoms. The number of nitrogens with two attached hydrogens (primary N) is 3. The first-order chi connectivity index (χ1) is 17.4. The second-order valence-corrected chi connectivity index (χ2v) is 12.4. The summed E-state index contributed by atoms with van der Waals surface area (Å²) in [5.74, 6) is 3.46. The van der Waals surface area contributed by atoms with E-state index in [2.05, 4.69) is 49.9 Å². The number of aliphatic imine (C=N–C) groups is 2. The van der Waals surface area contributed by atoms with E-state index in [9.17, 15) is 5.11 Å². The van der Waals surface area contributed by atoms with E-state index < -0.39 is 6.10 Å². The normalized spacial score (nSPS) is 40.4. The minimum Gasteiger partial charge on any atom is -0.491 e. The largest absolute Gasteiger partial charge is 0.491 e. The van der Waals surface area contributed by atoms with Crippen LogP contribution in [0.5, 0.6) is 0 Å². The molecule has 3 rings (SSSR count). The lowest BCUT2D eigenvalue weighted by atomic mass is 9.59. The Morgan fingerprint density at radius 3 is 2.51 bits per heavy atom. The van der Waals surface area contributed by atoms with Crippen molar-refractivity contribution in [3.05, 3.63) is 11.8 Å². The Bertz CT molecular complexity index is 855. The van der Waals surface area contributed by atoms with Gasteiger partial charge < -0.3 is 37.1 Å². The van der Waals surface area contributed by atoms with Crippen LogP contribution >= 0.6 is 0 Å². The van der Waals surface area contributed by atoms with E-state index >= 15 is 0 Å². The maximum atomic E-state index is 11.2. The summed E-state index contributed by atoms with van der Waals surface area (Å²) >= 11 is 0. The fraction of sp³-hybridized carbons (Fsp3) is 0.857. The molecule has 2 heterocycles. The van der Waals surface area contributed by atoms with Crippen LogP contribution in [0, 0.1) is 35.0 Å². The highest BCUT2D eigenvalue weighted by atomic mass is 16.5. The predicted molar refractivity (Wildman–Crippen MR) is 150 cm³/mol. The highest BCUT2D eigenvalue weighted by molar-refractivity contribution is 5.80. The summed E-state index contributed by atoms with van der Waals surface area (Å²) in [4.78, 5) is 9.06. The molecule has 1 aliphatic carbocycles. The van der Waals surface area contributed by atoms with E-state index in [1.54, 1.807) is 0 Å². The van der Waals surface area contributed by atoms with Crippen LogP contribution in [0.2, 0.25) is 0 Å². The second kappa shape index (κ2) is 12.3. The number of guanidine groups is 1. The number of likely N-dealkylation sites (N-methyl/N-ethyl adjacent to an activating group) is 1. The maximum Gasteiger partial charge on any atom is 0.186 e. The molecule has 1 saturated heterocycles. The van der Waals surface area contributed by atoms with E-state index in [1.807, 2.05) is 20.0 Å². The standard InChI is InChI=1S/C28H52N6O3/c1-8-22(29)33-13-18-9-10-20(34-27(30)31)25(37-18)23-16(3)11-15(2)19(17(23)4)12-21-24(35)26(32-7)28(5,6)14-36-21/h9,15-17,19-21,23-26,32,35H,8,10-14H2,1-7H3,(H2,29,33)(H4,30,31,34). The minimum atomic E-state index is -0.553. The van der Waals surface area contributed by atoms with E-state index in [4.69, 9.17) is 26.7 Å². The summed E-state index contributed by atoms with van der Waals surface area (Å²) < 4.78 is 12.9. The topological polar surface area (TPSA) is 153 Å². The molecule has 0 spiro atoms. The van der Waals surface area contributed by atoms with Crippen molar-refractivity contribution < 1.29 is 14.6 Å². The maximum absolute atomic E-state index is 11.2. The zero-order valence-electron chi connectivity index (χ0n) is 24.0. The van der Waals surface area contributed by atoms with Crippen molar-refractivity contribution in [2.45, 2.75) is 97.6 Å². The number of amidine groups is 1. The molecule has 0 radical (unpaired) electrons. The first-order valence-corrected chi connectivity index (χ1v) is 14.1. The van der Waals surface area contributed by atoms with Crippen LogP contribution < -0.4 is 22.5 Å². The lowest BCUT2D eigenvalue weighted by molar-refractivity contribution is -0.158. The average molecular weight is 521 g/mol. The number of hydrogen-bond donors (Lipinski definition) is 5. The highest BCUT2D eigenvalue weighted by Crippen LogP contribution is 2.49. The van der Waals surface area contributed by atoms with Gasteiger partial charge in [-0.1, -0.05) is 41.5 Å². The molecule has 0 bridgehead atoms. The molecule has 3 aliphatic rings. The Morgan fingerprint density at radius 2 is 1.89 bits per heavy atom. The van der Waals surface area contributed by atoms with Crippen molar-refractivity contribution in [2.24, 2.45) is 62.2 Å². The van der Waals surface area contributed by atoms with Gasteiger partial charge in [-0.2, -0.15) is 0 Å². The number of aliphatic hydroxyl groups excluding tert-OH is 1. The smallest absolute Gasteiger partial charge is 0.186 e. The molecule has 10 atom stereocenters. The summed E-state index contributed by atoms with van der Waals surface area (Å²) in [6, 6.07) is -0.150. The number of ether oxygens (including phenoxy) is 2. The fourth-order valence-electron chi connectivity index (χ4n) is 7.27. The van der Waals surface area contributed by atoms with Gasteiger partial charge in [0.25, 0.3) is 0 Å². The minimum absolute atomic E-state index is 0.00750. The number of nitrogens with one attached hydrogen (secondary N) is 1. The molecule has 9 heteroatoms. The number of rotatable bonds is 8. The van der Waals surface area contributed by atoms with Crippen molar-refractivity contribution in [1.82, 2.24) is 5.32 Å². The molecule has 0 aromatic rings. The molecule has 10 unspecified atom stereocenters. The van der Waals surface area contributed by atoms with Crippen molar-refractivity contribution >= 4 is 11.8 Å². The molecular weight excluding hydrogens is 468 g/mol. The molecule has 8 N–H and O–H groups in total. The highest BCUT2D eigenvalue weighted by Gasteiger charge is 2.50. The Labute approximate surface area is 223 Å². The Balaban J connectivity index is 1.83. The Hall–Kier alpha value is -1.84. The van der Waals surface area contributed by atoms with E-state index in [-0.39, 0.29) is 41.6 Å². The number of hydrogen-bond acceptors (Lipinski definition) is 6. The fourth-order valence-corrected chi connectivity index (χ4v) is 7.27. The van der Waals surface area contributed by atoms with Crippen LogP contribution in [0.3, 0.4) is 0 Å². The molecule has 0 aromatic heterocycles. The molecule has 2 aliphatic heterocycles. The third-order valence-corrected chi connectivity index (χ3v) is 9.21. The quantitative estimate of drug-likeness (QED) is 0.243. The van der Waals surface area contributed by atoms with E-state index in [1.165, 1.54) is 0 Å². The van der Waals surface area contributed by atoms with Gasteiger partial charge in [-0.15, -0.1) is 0 Å². The third kappa shape index (κ3) is 6.79. The summed E-state index contributed by atoms with van der Waals surface area (Å²) in [5.41, 5.74) is 17.5. The first-order valence-electron chi connectivity index (χ1n) is 14.1. The van der Waals surface area contributed by atoms with E-state index in [0.29, 0.717) is 55.5 Å². The van der Waals surface area contributed by atoms with Gasteiger partial charge in [-0.25, -0.2) is 4.99 Å². The van der Waals surface area contributed by atoms with Gasteiger partial charge in [-0.05, 0) is 56.1 Å². The lowest BCUT2D eigenvalue weighted by Crippen LogP contribution is -2.60. The van der Waals surface area contributed by atoms with E-state index in [0.717, 1.165) is 18.6 Å². The van der Waals surface area contributed by atoms with Crippen LogP contribution in [-0.2, 0) is 9.47 Å². The monoisotopic (exact) mass is 520 g/mol. The van der Waals surface area contributed by atoms with Gasteiger partial charge in [0.05, 0.1) is 37.2 Å². The van der Waals surface area contributed by atoms with Crippen molar-refractivity contribution in [3.63, 3.8) is 0 Å². The van der Waals surface area contributed by atoms with Gasteiger partial charge in [-0.3, -0.25) is 4.99 Å². The molecule has 1 saturated carbocycles. The second-order valence-electron chi connectivity index (χ2n) is 12.4. The molecule has 0 amide bonds. The Kier molecular flexibility index (Phi) is 9.91. The summed E-state index contributed by atoms with van der Waals surface area (Å²) in [6.45, 7) is 14.3. The van der Waals surface area contributed by atoms with Crippen LogP contribution in [0.1, 0.15) is 67.2 Å². The number of aliphatic hydroxyl groups is 1. The predicted octanol–water partition coefficient (Wildman–Crippen LogP) is 2.38. The van der Waals surface area contributed by atoms with Crippen LogP contribution in [-0.4, -0.2) is 67.5 Å². The van der Waals surface area contributed by atoms with Gasteiger partial charge in [0.15, 0.2) is 5.96 Å². The molecule has 0 aromatic carbocycles. The van der Waals surface area contributed by atoms with Gasteiger partial charge in [0.2, 0.25) is 0 Å². The molecular formula is C28H52N6O3. The molecule has 212 valence electrons. The summed E-state index contributed by atoms with van der Waals surface area (Å²) in [7, 11) is 1.93. The van der Waals surface area contributed by atoms with Crippen LogP contribution in [0.25, 0.3) is 0 Å². The SMILES string of the molecule is CCC(N)=NCC1=CCC(N=C(N)N)C(C2C(C)CC(C)C(CC3OCC(C)(C)C(NC)C3O)C2C)O1.